The minimum atomic E-state index is -4.43. The van der Waals surface area contributed by atoms with Gasteiger partial charge in [-0.05, 0) is 41.6 Å². The quantitative estimate of drug-likeness (QED) is 0.601. The van der Waals surface area contributed by atoms with Crippen LogP contribution in [0.15, 0.2) is 54.6 Å². The molecule has 1 N–H and O–H groups in total. The van der Waals surface area contributed by atoms with Crippen molar-refractivity contribution in [2.75, 3.05) is 6.54 Å². The van der Waals surface area contributed by atoms with Crippen LogP contribution in [0.1, 0.15) is 28.8 Å². The molecule has 0 bridgehead atoms. The first kappa shape index (κ1) is 21.4. The number of rotatable bonds is 5. The third kappa shape index (κ3) is 5.07. The maximum absolute atomic E-state index is 13.0. The van der Waals surface area contributed by atoms with Crippen molar-refractivity contribution in [1.82, 2.24) is 10.2 Å². The van der Waals surface area contributed by atoms with Crippen molar-refractivity contribution in [3.63, 3.8) is 0 Å². The molecule has 2 aromatic carbocycles. The molecule has 2 amide bonds. The van der Waals surface area contributed by atoms with Gasteiger partial charge in [0.2, 0.25) is 11.8 Å². The summed E-state index contributed by atoms with van der Waals surface area (Å²) in [7, 11) is 0. The zero-order chi connectivity index (χ0) is 22.0. The summed E-state index contributed by atoms with van der Waals surface area (Å²) >= 11 is 1.62. The molecule has 8 heteroatoms. The number of halogens is 3. The predicted molar refractivity (Wildman–Crippen MR) is 113 cm³/mol. The van der Waals surface area contributed by atoms with Crippen LogP contribution in [0.25, 0.3) is 10.1 Å². The van der Waals surface area contributed by atoms with Crippen molar-refractivity contribution >= 4 is 33.2 Å². The third-order valence-corrected chi connectivity index (χ3v) is 6.53. The summed E-state index contributed by atoms with van der Waals surface area (Å²) in [6, 6.07) is 15.0. The Morgan fingerprint density at radius 1 is 1.13 bits per heavy atom. The van der Waals surface area contributed by atoms with E-state index in [1.807, 2.05) is 30.3 Å². The molecule has 0 aliphatic carbocycles. The summed E-state index contributed by atoms with van der Waals surface area (Å²) in [6.07, 6.45) is -3.78. The summed E-state index contributed by atoms with van der Waals surface area (Å²) < 4.78 is 40.0. The monoisotopic (exact) mass is 446 g/mol. The van der Waals surface area contributed by atoms with Gasteiger partial charge in [-0.25, -0.2) is 0 Å². The van der Waals surface area contributed by atoms with Crippen LogP contribution in [0.5, 0.6) is 0 Å². The molecule has 3 aromatic rings. The van der Waals surface area contributed by atoms with Gasteiger partial charge in [0, 0.05) is 29.1 Å². The summed E-state index contributed by atoms with van der Waals surface area (Å²) in [5, 5.41) is 4.07. The molecule has 1 fully saturated rings. The molecule has 0 saturated carbocycles. The Morgan fingerprint density at radius 3 is 2.71 bits per heavy atom. The molecule has 2 heterocycles. The van der Waals surface area contributed by atoms with E-state index in [1.54, 1.807) is 17.4 Å². The highest BCUT2D eigenvalue weighted by Gasteiger charge is 2.32. The molecular weight excluding hydrogens is 425 g/mol. The van der Waals surface area contributed by atoms with Gasteiger partial charge in [-0.3, -0.25) is 9.59 Å². The summed E-state index contributed by atoms with van der Waals surface area (Å²) in [5.74, 6) is -0.664. The summed E-state index contributed by atoms with van der Waals surface area (Å²) in [6.45, 7) is 0.673. The van der Waals surface area contributed by atoms with E-state index in [1.165, 1.54) is 11.0 Å². The van der Waals surface area contributed by atoms with E-state index in [0.717, 1.165) is 27.1 Å². The van der Waals surface area contributed by atoms with E-state index in [2.05, 4.69) is 5.32 Å². The number of hydrogen-bond acceptors (Lipinski definition) is 3. The molecule has 1 aliphatic heterocycles. The molecule has 31 heavy (non-hydrogen) atoms. The Balaban J connectivity index is 1.37. The van der Waals surface area contributed by atoms with Crippen molar-refractivity contribution in [1.29, 1.82) is 0 Å². The fourth-order valence-electron chi connectivity index (χ4n) is 3.79. The highest BCUT2D eigenvalue weighted by molar-refractivity contribution is 7.19. The van der Waals surface area contributed by atoms with Crippen molar-refractivity contribution in [3.8, 4) is 0 Å². The van der Waals surface area contributed by atoms with Crippen molar-refractivity contribution in [3.05, 3.63) is 70.6 Å². The number of nitrogens with one attached hydrogen (secondary N) is 1. The van der Waals surface area contributed by atoms with Gasteiger partial charge < -0.3 is 10.2 Å². The number of thiophene rings is 1. The van der Waals surface area contributed by atoms with Gasteiger partial charge in [0.1, 0.15) is 0 Å². The number of carbonyl (C=O) groups is 2. The fourth-order valence-corrected chi connectivity index (χ4v) is 4.79. The lowest BCUT2D eigenvalue weighted by molar-refractivity contribution is -0.139. The van der Waals surface area contributed by atoms with Crippen LogP contribution in [0.4, 0.5) is 13.2 Å². The van der Waals surface area contributed by atoms with Gasteiger partial charge in [-0.2, -0.15) is 13.2 Å². The molecule has 162 valence electrons. The number of nitrogens with zero attached hydrogens (tertiary/aromatic N) is 1. The molecule has 0 spiro atoms. The Bertz CT molecular complexity index is 1080. The molecule has 1 atom stereocenters. The second kappa shape index (κ2) is 8.70. The molecule has 0 radical (unpaired) electrons. The van der Waals surface area contributed by atoms with Crippen LogP contribution in [0.2, 0.25) is 0 Å². The lowest BCUT2D eigenvalue weighted by Crippen LogP contribution is -2.45. The number of likely N-dealkylation sites (tertiary alicyclic amines) is 1. The van der Waals surface area contributed by atoms with E-state index in [-0.39, 0.29) is 37.2 Å². The third-order valence-electron chi connectivity index (χ3n) is 5.41. The lowest BCUT2D eigenvalue weighted by Gasteiger charge is -2.32. The minimum Gasteiger partial charge on any atom is -0.351 e. The number of alkyl halides is 3. The first-order chi connectivity index (χ1) is 14.8. The van der Waals surface area contributed by atoms with Gasteiger partial charge >= 0.3 is 6.18 Å². The first-order valence-electron chi connectivity index (χ1n) is 9.98. The largest absolute Gasteiger partial charge is 0.416 e. The van der Waals surface area contributed by atoms with Gasteiger partial charge in [-0.1, -0.05) is 30.3 Å². The van der Waals surface area contributed by atoms with Gasteiger partial charge in [-0.15, -0.1) is 11.3 Å². The molecule has 1 aliphatic rings. The van der Waals surface area contributed by atoms with E-state index < -0.39 is 11.7 Å². The second-order valence-electron chi connectivity index (χ2n) is 7.68. The summed E-state index contributed by atoms with van der Waals surface area (Å²) in [5.41, 5.74) is -0.346. The molecule has 4 nitrogen and oxygen atoms in total. The van der Waals surface area contributed by atoms with Crippen LogP contribution in [-0.4, -0.2) is 23.3 Å². The SMILES string of the molecule is O=C(NCc1cc2ccccc2s1)[C@H]1CCC(=O)N(Cc2cccc(C(F)(F)F)c2)C1. The number of carbonyl (C=O) groups excluding carboxylic acids is 2. The standard InChI is InChI=1S/C23H21F3N2O2S/c24-23(25,26)18-6-3-4-15(10-18)13-28-14-17(8-9-21(28)29)22(30)27-12-19-11-16-5-1-2-7-20(16)31-19/h1-7,10-11,17H,8-9,12-14H2,(H,27,30)/t17-/m0/s1. The topological polar surface area (TPSA) is 49.4 Å². The van der Waals surface area contributed by atoms with Crippen LogP contribution >= 0.6 is 11.3 Å². The van der Waals surface area contributed by atoms with Gasteiger partial charge in [0.25, 0.3) is 0 Å². The number of piperidine rings is 1. The maximum atomic E-state index is 13.0. The molecular formula is C23H21F3N2O2S. The zero-order valence-corrected chi connectivity index (χ0v) is 17.4. The maximum Gasteiger partial charge on any atom is 0.416 e. The Morgan fingerprint density at radius 2 is 1.94 bits per heavy atom. The van der Waals surface area contributed by atoms with Crippen molar-refractivity contribution < 1.29 is 22.8 Å². The average Bonchev–Trinajstić information content (AvgIpc) is 3.16. The van der Waals surface area contributed by atoms with Crippen molar-refractivity contribution in [2.45, 2.75) is 32.1 Å². The average molecular weight is 446 g/mol. The predicted octanol–water partition coefficient (Wildman–Crippen LogP) is 4.98. The van der Waals surface area contributed by atoms with Crippen LogP contribution in [0, 0.1) is 5.92 Å². The smallest absolute Gasteiger partial charge is 0.351 e. The zero-order valence-electron chi connectivity index (χ0n) is 16.6. The van der Waals surface area contributed by atoms with E-state index in [4.69, 9.17) is 0 Å². The molecule has 1 saturated heterocycles. The first-order valence-corrected chi connectivity index (χ1v) is 10.8. The molecule has 1 aromatic heterocycles. The number of fused-ring (bicyclic) bond motifs is 1. The Kier molecular flexibility index (Phi) is 6.00. The second-order valence-corrected chi connectivity index (χ2v) is 8.84. The number of hydrogen-bond donors (Lipinski definition) is 1. The summed E-state index contributed by atoms with van der Waals surface area (Å²) in [4.78, 5) is 27.5. The number of amides is 2. The normalized spacial score (nSPS) is 17.2. The molecule has 0 unspecified atom stereocenters. The van der Waals surface area contributed by atoms with Crippen LogP contribution < -0.4 is 5.32 Å². The molecule has 4 rings (SSSR count). The lowest BCUT2D eigenvalue weighted by atomic mass is 9.96. The Hall–Kier alpha value is -2.87. The van der Waals surface area contributed by atoms with Crippen LogP contribution in [-0.2, 0) is 28.9 Å². The Labute approximate surface area is 181 Å². The number of benzene rings is 2. The highest BCUT2D eigenvalue weighted by atomic mass is 32.1. The highest BCUT2D eigenvalue weighted by Crippen LogP contribution is 2.30. The van der Waals surface area contributed by atoms with Gasteiger partial charge in [0.05, 0.1) is 18.0 Å². The van der Waals surface area contributed by atoms with Crippen molar-refractivity contribution in [2.24, 2.45) is 5.92 Å². The van der Waals surface area contributed by atoms with E-state index in [9.17, 15) is 22.8 Å². The van der Waals surface area contributed by atoms with E-state index >= 15 is 0 Å². The van der Waals surface area contributed by atoms with Gasteiger partial charge in [0.15, 0.2) is 0 Å². The van der Waals surface area contributed by atoms with Crippen LogP contribution in [0.3, 0.4) is 0 Å². The fraction of sp³-hybridized carbons (Fsp3) is 0.304. The minimum absolute atomic E-state index is 0.0584. The van der Waals surface area contributed by atoms with E-state index in [0.29, 0.717) is 18.5 Å².